The van der Waals surface area contributed by atoms with Crippen molar-refractivity contribution in [2.75, 3.05) is 19.6 Å². The van der Waals surface area contributed by atoms with Gasteiger partial charge in [-0.25, -0.2) is 0 Å². The second kappa shape index (κ2) is 5.12. The average Bonchev–Trinajstić information content (AvgIpc) is 3.00. The maximum absolute atomic E-state index is 12.6. The SMILES string of the molecule is O=C(O)[C@H]1CCCN(C(=O)C2NCC3CCCC32)C1. The van der Waals surface area contributed by atoms with Crippen molar-refractivity contribution >= 4 is 11.9 Å². The van der Waals surface area contributed by atoms with Crippen LogP contribution in [-0.4, -0.2) is 47.6 Å². The number of hydrogen-bond acceptors (Lipinski definition) is 3. The zero-order valence-corrected chi connectivity index (χ0v) is 11.2. The molecule has 2 aliphatic heterocycles. The van der Waals surface area contributed by atoms with Gasteiger partial charge in [-0.15, -0.1) is 0 Å². The summed E-state index contributed by atoms with van der Waals surface area (Å²) in [5, 5.41) is 12.5. The van der Waals surface area contributed by atoms with Gasteiger partial charge in [0.05, 0.1) is 12.0 Å². The molecule has 5 nitrogen and oxygen atoms in total. The Bertz CT molecular complexity index is 385. The molecule has 0 aromatic carbocycles. The van der Waals surface area contributed by atoms with Gasteiger partial charge in [-0.2, -0.15) is 0 Å². The molecule has 0 bridgehead atoms. The molecule has 106 valence electrons. The van der Waals surface area contributed by atoms with Crippen LogP contribution in [0.15, 0.2) is 0 Å². The Kier molecular flexibility index (Phi) is 3.48. The molecule has 3 fully saturated rings. The number of hydrogen-bond donors (Lipinski definition) is 2. The van der Waals surface area contributed by atoms with Crippen LogP contribution in [0.1, 0.15) is 32.1 Å². The molecule has 2 saturated heterocycles. The number of rotatable bonds is 2. The number of carbonyl (C=O) groups is 2. The van der Waals surface area contributed by atoms with Crippen LogP contribution < -0.4 is 5.32 Å². The molecule has 5 heteroatoms. The van der Waals surface area contributed by atoms with Gasteiger partial charge in [0.15, 0.2) is 0 Å². The second-order valence-corrected chi connectivity index (χ2v) is 6.20. The number of piperidine rings is 1. The topological polar surface area (TPSA) is 69.6 Å². The van der Waals surface area contributed by atoms with E-state index in [1.54, 1.807) is 4.90 Å². The number of carboxylic acids is 1. The first-order valence-corrected chi connectivity index (χ1v) is 7.42. The molecule has 0 aromatic heterocycles. The van der Waals surface area contributed by atoms with Crippen molar-refractivity contribution in [3.05, 3.63) is 0 Å². The predicted molar refractivity (Wildman–Crippen MR) is 69.6 cm³/mol. The Morgan fingerprint density at radius 3 is 2.79 bits per heavy atom. The number of amides is 1. The van der Waals surface area contributed by atoms with E-state index in [2.05, 4.69) is 5.32 Å². The minimum atomic E-state index is -0.768. The van der Waals surface area contributed by atoms with Gasteiger partial charge in [-0.05, 0) is 44.1 Å². The summed E-state index contributed by atoms with van der Waals surface area (Å²) >= 11 is 0. The lowest BCUT2D eigenvalue weighted by Crippen LogP contribution is -2.50. The minimum absolute atomic E-state index is 0.0555. The van der Waals surface area contributed by atoms with Crippen molar-refractivity contribution in [2.45, 2.75) is 38.1 Å². The quantitative estimate of drug-likeness (QED) is 0.772. The third-order valence-electron chi connectivity index (χ3n) is 5.09. The summed E-state index contributed by atoms with van der Waals surface area (Å²) in [5.74, 6) is 0.140. The van der Waals surface area contributed by atoms with E-state index in [0.717, 1.165) is 25.9 Å². The normalized spacial score (nSPS) is 38.2. The van der Waals surface area contributed by atoms with Crippen LogP contribution >= 0.6 is 0 Å². The average molecular weight is 266 g/mol. The van der Waals surface area contributed by atoms with E-state index in [0.29, 0.717) is 24.8 Å². The number of carboxylic acid groups (broad SMARTS) is 1. The Hall–Kier alpha value is -1.10. The number of nitrogens with zero attached hydrogens (tertiary/aromatic N) is 1. The standard InChI is InChI=1S/C14H22N2O3/c17-13(12-11-5-1-3-9(11)7-15-12)16-6-2-4-10(8-16)14(18)19/h9-12,15H,1-8H2,(H,18,19)/t9?,10-,11?,12?/m0/s1. The highest BCUT2D eigenvalue weighted by atomic mass is 16.4. The summed E-state index contributed by atoms with van der Waals surface area (Å²) in [7, 11) is 0. The van der Waals surface area contributed by atoms with Gasteiger partial charge in [0.2, 0.25) is 5.91 Å². The van der Waals surface area contributed by atoms with Gasteiger partial charge >= 0.3 is 5.97 Å². The Balaban J connectivity index is 1.65. The lowest BCUT2D eigenvalue weighted by atomic mass is 9.92. The van der Waals surface area contributed by atoms with E-state index < -0.39 is 5.97 Å². The van der Waals surface area contributed by atoms with Crippen molar-refractivity contribution < 1.29 is 14.7 Å². The van der Waals surface area contributed by atoms with Crippen LogP contribution in [-0.2, 0) is 9.59 Å². The van der Waals surface area contributed by atoms with E-state index in [1.807, 2.05) is 0 Å². The van der Waals surface area contributed by atoms with Crippen LogP contribution in [0.4, 0.5) is 0 Å². The number of fused-ring (bicyclic) bond motifs is 1. The van der Waals surface area contributed by atoms with Crippen molar-refractivity contribution in [3.63, 3.8) is 0 Å². The number of aliphatic carboxylic acids is 1. The third kappa shape index (κ3) is 2.36. The van der Waals surface area contributed by atoms with E-state index in [9.17, 15) is 9.59 Å². The Morgan fingerprint density at radius 1 is 1.16 bits per heavy atom. The highest BCUT2D eigenvalue weighted by Crippen LogP contribution is 2.38. The first-order valence-electron chi connectivity index (χ1n) is 7.42. The maximum Gasteiger partial charge on any atom is 0.308 e. The molecule has 2 N–H and O–H groups in total. The maximum atomic E-state index is 12.6. The molecular weight excluding hydrogens is 244 g/mol. The zero-order valence-electron chi connectivity index (χ0n) is 11.2. The smallest absolute Gasteiger partial charge is 0.308 e. The zero-order chi connectivity index (χ0) is 13.4. The van der Waals surface area contributed by atoms with Gasteiger partial charge in [-0.3, -0.25) is 9.59 Å². The summed E-state index contributed by atoms with van der Waals surface area (Å²) in [4.78, 5) is 25.4. The Labute approximate surface area is 113 Å². The molecule has 1 amide bonds. The monoisotopic (exact) mass is 266 g/mol. The van der Waals surface area contributed by atoms with Gasteiger partial charge in [0, 0.05) is 13.1 Å². The third-order valence-corrected chi connectivity index (χ3v) is 5.09. The molecule has 0 aromatic rings. The van der Waals surface area contributed by atoms with Crippen LogP contribution in [0.5, 0.6) is 0 Å². The fourth-order valence-corrected chi connectivity index (χ4v) is 4.03. The molecule has 1 saturated carbocycles. The summed E-state index contributed by atoms with van der Waals surface area (Å²) in [6.07, 6.45) is 5.12. The number of likely N-dealkylation sites (tertiary alicyclic amines) is 1. The fourth-order valence-electron chi connectivity index (χ4n) is 4.03. The molecule has 3 aliphatic rings. The summed E-state index contributed by atoms with van der Waals surface area (Å²) in [5.41, 5.74) is 0. The Morgan fingerprint density at radius 2 is 2.00 bits per heavy atom. The van der Waals surface area contributed by atoms with Gasteiger partial charge in [0.25, 0.3) is 0 Å². The van der Waals surface area contributed by atoms with Gasteiger partial charge in [-0.1, -0.05) is 6.42 Å². The lowest BCUT2D eigenvalue weighted by Gasteiger charge is -2.33. The molecule has 3 unspecified atom stereocenters. The second-order valence-electron chi connectivity index (χ2n) is 6.20. The summed E-state index contributed by atoms with van der Waals surface area (Å²) in [6.45, 7) is 2.07. The first-order chi connectivity index (χ1) is 9.16. The minimum Gasteiger partial charge on any atom is -0.481 e. The lowest BCUT2D eigenvalue weighted by molar-refractivity contribution is -0.146. The summed E-state index contributed by atoms with van der Waals surface area (Å²) in [6, 6.07) is -0.0555. The molecule has 1 aliphatic carbocycles. The molecule has 4 atom stereocenters. The van der Waals surface area contributed by atoms with Crippen LogP contribution in [0.25, 0.3) is 0 Å². The molecule has 0 radical (unpaired) electrons. The number of carbonyl (C=O) groups excluding carboxylic acids is 1. The van der Waals surface area contributed by atoms with Crippen molar-refractivity contribution in [1.82, 2.24) is 10.2 Å². The molecular formula is C14H22N2O3. The van der Waals surface area contributed by atoms with E-state index in [1.165, 1.54) is 12.8 Å². The summed E-state index contributed by atoms with van der Waals surface area (Å²) < 4.78 is 0. The van der Waals surface area contributed by atoms with Gasteiger partial charge in [0.1, 0.15) is 0 Å². The predicted octanol–water partition coefficient (Wildman–Crippen LogP) is 0.698. The van der Waals surface area contributed by atoms with Crippen molar-refractivity contribution in [3.8, 4) is 0 Å². The fraction of sp³-hybridized carbons (Fsp3) is 0.857. The molecule has 2 heterocycles. The van der Waals surface area contributed by atoms with E-state index >= 15 is 0 Å². The molecule has 19 heavy (non-hydrogen) atoms. The van der Waals surface area contributed by atoms with E-state index in [-0.39, 0.29) is 17.9 Å². The van der Waals surface area contributed by atoms with Crippen molar-refractivity contribution in [2.24, 2.45) is 17.8 Å². The van der Waals surface area contributed by atoms with Crippen molar-refractivity contribution in [1.29, 1.82) is 0 Å². The van der Waals surface area contributed by atoms with Crippen LogP contribution in [0.2, 0.25) is 0 Å². The van der Waals surface area contributed by atoms with Crippen LogP contribution in [0.3, 0.4) is 0 Å². The highest BCUT2D eigenvalue weighted by Gasteiger charge is 2.44. The van der Waals surface area contributed by atoms with Gasteiger partial charge < -0.3 is 15.3 Å². The largest absolute Gasteiger partial charge is 0.481 e. The number of nitrogens with one attached hydrogen (secondary N) is 1. The van der Waals surface area contributed by atoms with E-state index in [4.69, 9.17) is 5.11 Å². The highest BCUT2D eigenvalue weighted by molar-refractivity contribution is 5.83. The molecule has 3 rings (SSSR count). The molecule has 0 spiro atoms. The first kappa shape index (κ1) is 12.9. The van der Waals surface area contributed by atoms with Crippen LogP contribution in [0, 0.1) is 17.8 Å².